The summed E-state index contributed by atoms with van der Waals surface area (Å²) in [6.45, 7) is 11.4. The highest BCUT2D eigenvalue weighted by Gasteiger charge is 2.30. The molecule has 0 aliphatic rings. The second-order valence-electron chi connectivity index (χ2n) is 6.09. The SMILES string of the molecule is CN=C(N)[C@@H](NC(=O)OC(C)(C)C)C(C)(C)C. The van der Waals surface area contributed by atoms with Crippen LogP contribution in [-0.2, 0) is 4.74 Å². The lowest BCUT2D eigenvalue weighted by Gasteiger charge is -2.31. The van der Waals surface area contributed by atoms with Gasteiger partial charge in [-0.05, 0) is 26.2 Å². The van der Waals surface area contributed by atoms with E-state index >= 15 is 0 Å². The largest absolute Gasteiger partial charge is 0.444 e. The summed E-state index contributed by atoms with van der Waals surface area (Å²) < 4.78 is 5.20. The Morgan fingerprint density at radius 1 is 1.24 bits per heavy atom. The third kappa shape index (κ3) is 6.14. The molecule has 0 aliphatic heterocycles. The van der Waals surface area contributed by atoms with Gasteiger partial charge in [0.2, 0.25) is 0 Å². The minimum Gasteiger partial charge on any atom is -0.444 e. The molecule has 17 heavy (non-hydrogen) atoms. The molecule has 0 saturated carbocycles. The van der Waals surface area contributed by atoms with Crippen molar-refractivity contribution < 1.29 is 9.53 Å². The Hall–Kier alpha value is -1.26. The van der Waals surface area contributed by atoms with Crippen molar-refractivity contribution in [2.75, 3.05) is 7.05 Å². The van der Waals surface area contributed by atoms with Gasteiger partial charge in [-0.25, -0.2) is 4.79 Å². The van der Waals surface area contributed by atoms with Crippen LogP contribution in [0.4, 0.5) is 4.79 Å². The quantitative estimate of drug-likeness (QED) is 0.574. The highest BCUT2D eigenvalue weighted by atomic mass is 16.6. The second-order valence-corrected chi connectivity index (χ2v) is 6.09. The van der Waals surface area contributed by atoms with Gasteiger partial charge in [-0.2, -0.15) is 0 Å². The number of aliphatic imine (C=N–C) groups is 1. The summed E-state index contributed by atoms with van der Waals surface area (Å²) >= 11 is 0. The number of carbonyl (C=O) groups is 1. The summed E-state index contributed by atoms with van der Waals surface area (Å²) in [5.74, 6) is 0.392. The zero-order valence-electron chi connectivity index (χ0n) is 11.9. The lowest BCUT2D eigenvalue weighted by Crippen LogP contribution is -2.53. The fourth-order valence-electron chi connectivity index (χ4n) is 1.29. The molecule has 0 aliphatic carbocycles. The molecule has 0 aromatic carbocycles. The summed E-state index contributed by atoms with van der Waals surface area (Å²) in [4.78, 5) is 15.6. The molecule has 3 N–H and O–H groups in total. The molecule has 0 aromatic rings. The standard InChI is InChI=1S/C12H25N3O2/c1-11(2,3)8(9(13)14-7)15-10(16)17-12(4,5)6/h8H,1-7H3,(H2,13,14)(H,15,16)/t8-/m1/s1. The molecule has 0 bridgehead atoms. The maximum Gasteiger partial charge on any atom is 0.408 e. The van der Waals surface area contributed by atoms with Gasteiger partial charge in [0.25, 0.3) is 0 Å². The van der Waals surface area contributed by atoms with Crippen LogP contribution >= 0.6 is 0 Å². The lowest BCUT2D eigenvalue weighted by molar-refractivity contribution is 0.0490. The van der Waals surface area contributed by atoms with Gasteiger partial charge < -0.3 is 15.8 Å². The number of amidine groups is 1. The molecule has 0 aromatic heterocycles. The minimum atomic E-state index is -0.523. The number of amides is 1. The predicted octanol–water partition coefficient (Wildman–Crippen LogP) is 1.91. The smallest absolute Gasteiger partial charge is 0.408 e. The van der Waals surface area contributed by atoms with Crippen LogP contribution in [0.15, 0.2) is 4.99 Å². The first-order chi connectivity index (χ1) is 7.47. The molecular formula is C12H25N3O2. The second kappa shape index (κ2) is 5.38. The van der Waals surface area contributed by atoms with Crippen molar-refractivity contribution in [3.63, 3.8) is 0 Å². The van der Waals surface area contributed by atoms with E-state index in [1.54, 1.807) is 7.05 Å². The summed E-state index contributed by atoms with van der Waals surface area (Å²) in [6.07, 6.45) is -0.482. The first-order valence-corrected chi connectivity index (χ1v) is 5.69. The fraction of sp³-hybridized carbons (Fsp3) is 0.833. The maximum atomic E-state index is 11.7. The average Bonchev–Trinajstić information content (AvgIpc) is 2.08. The highest BCUT2D eigenvalue weighted by Crippen LogP contribution is 2.20. The Labute approximate surface area is 104 Å². The van der Waals surface area contributed by atoms with E-state index < -0.39 is 11.7 Å². The highest BCUT2D eigenvalue weighted by molar-refractivity contribution is 5.89. The van der Waals surface area contributed by atoms with Crippen LogP contribution in [0.1, 0.15) is 41.5 Å². The summed E-state index contributed by atoms with van der Waals surface area (Å²) in [6, 6.07) is -0.345. The topological polar surface area (TPSA) is 76.7 Å². The molecule has 1 amide bonds. The molecule has 0 fully saturated rings. The van der Waals surface area contributed by atoms with Crippen LogP contribution in [-0.4, -0.2) is 30.6 Å². The third-order valence-corrected chi connectivity index (χ3v) is 2.08. The van der Waals surface area contributed by atoms with E-state index in [-0.39, 0.29) is 11.5 Å². The Morgan fingerprint density at radius 3 is 2.00 bits per heavy atom. The Bertz CT molecular complexity index is 298. The molecule has 5 heteroatoms. The van der Waals surface area contributed by atoms with Crippen LogP contribution in [0.25, 0.3) is 0 Å². The van der Waals surface area contributed by atoms with Gasteiger partial charge in [0.1, 0.15) is 11.4 Å². The van der Waals surface area contributed by atoms with Crippen molar-refractivity contribution in [2.24, 2.45) is 16.1 Å². The molecule has 0 heterocycles. The van der Waals surface area contributed by atoms with Crippen molar-refractivity contribution in [2.45, 2.75) is 53.2 Å². The van der Waals surface area contributed by atoms with Gasteiger partial charge in [0.05, 0.1) is 6.04 Å². The van der Waals surface area contributed by atoms with Gasteiger partial charge in [-0.1, -0.05) is 20.8 Å². The van der Waals surface area contributed by atoms with Gasteiger partial charge >= 0.3 is 6.09 Å². The van der Waals surface area contributed by atoms with Gasteiger partial charge in [0, 0.05) is 7.05 Å². The van der Waals surface area contributed by atoms with Crippen molar-refractivity contribution in [1.29, 1.82) is 0 Å². The normalized spacial score (nSPS) is 15.4. The van der Waals surface area contributed by atoms with Crippen LogP contribution in [0.5, 0.6) is 0 Å². The molecule has 0 spiro atoms. The van der Waals surface area contributed by atoms with Crippen molar-refractivity contribution in [1.82, 2.24) is 5.32 Å². The molecular weight excluding hydrogens is 218 g/mol. The van der Waals surface area contributed by atoms with E-state index in [1.807, 2.05) is 41.5 Å². The van der Waals surface area contributed by atoms with Crippen LogP contribution < -0.4 is 11.1 Å². The number of carbonyl (C=O) groups excluding carboxylic acids is 1. The zero-order valence-corrected chi connectivity index (χ0v) is 11.9. The number of ether oxygens (including phenoxy) is 1. The van der Waals surface area contributed by atoms with Crippen LogP contribution in [0.2, 0.25) is 0 Å². The van der Waals surface area contributed by atoms with Crippen LogP contribution in [0.3, 0.4) is 0 Å². The van der Waals surface area contributed by atoms with Crippen molar-refractivity contribution >= 4 is 11.9 Å². The molecule has 1 atom stereocenters. The molecule has 0 unspecified atom stereocenters. The van der Waals surface area contributed by atoms with E-state index in [0.29, 0.717) is 5.84 Å². The zero-order chi connectivity index (χ0) is 13.9. The lowest BCUT2D eigenvalue weighted by atomic mass is 9.86. The van der Waals surface area contributed by atoms with E-state index in [2.05, 4.69) is 10.3 Å². The first-order valence-electron chi connectivity index (χ1n) is 5.69. The number of alkyl carbamates (subject to hydrolysis) is 1. The Balaban J connectivity index is 4.74. The maximum absolute atomic E-state index is 11.7. The van der Waals surface area contributed by atoms with Gasteiger partial charge in [-0.15, -0.1) is 0 Å². The Morgan fingerprint density at radius 2 is 1.71 bits per heavy atom. The predicted molar refractivity (Wildman–Crippen MR) is 70.2 cm³/mol. The average molecular weight is 243 g/mol. The number of nitrogens with two attached hydrogens (primary N) is 1. The van der Waals surface area contributed by atoms with E-state index in [0.717, 1.165) is 0 Å². The number of nitrogens with one attached hydrogen (secondary N) is 1. The number of nitrogens with zero attached hydrogens (tertiary/aromatic N) is 1. The Kier molecular flexibility index (Phi) is 4.98. The van der Waals surface area contributed by atoms with E-state index in [1.165, 1.54) is 0 Å². The molecule has 100 valence electrons. The summed E-state index contributed by atoms with van der Waals surface area (Å²) in [7, 11) is 1.60. The fourth-order valence-corrected chi connectivity index (χ4v) is 1.29. The third-order valence-electron chi connectivity index (χ3n) is 2.08. The van der Waals surface area contributed by atoms with Gasteiger partial charge in [0.15, 0.2) is 0 Å². The first kappa shape index (κ1) is 15.7. The molecule has 0 radical (unpaired) electrons. The summed E-state index contributed by atoms with van der Waals surface area (Å²) in [5.41, 5.74) is 5.05. The van der Waals surface area contributed by atoms with Crippen molar-refractivity contribution in [3.05, 3.63) is 0 Å². The number of hydrogen-bond acceptors (Lipinski definition) is 3. The summed E-state index contributed by atoms with van der Waals surface area (Å²) in [5, 5.41) is 2.75. The van der Waals surface area contributed by atoms with Crippen molar-refractivity contribution in [3.8, 4) is 0 Å². The monoisotopic (exact) mass is 243 g/mol. The molecule has 0 saturated heterocycles. The van der Waals surface area contributed by atoms with E-state index in [9.17, 15) is 4.79 Å². The molecule has 0 rings (SSSR count). The number of rotatable bonds is 2. The van der Waals surface area contributed by atoms with Crippen LogP contribution in [0, 0.1) is 5.41 Å². The molecule has 5 nitrogen and oxygen atoms in total. The van der Waals surface area contributed by atoms with Gasteiger partial charge in [-0.3, -0.25) is 4.99 Å². The minimum absolute atomic E-state index is 0.222. The number of hydrogen-bond donors (Lipinski definition) is 2. The van der Waals surface area contributed by atoms with E-state index in [4.69, 9.17) is 10.5 Å².